The lowest BCUT2D eigenvalue weighted by molar-refractivity contribution is 0.124. The number of aromatic nitrogens is 1. The summed E-state index contributed by atoms with van der Waals surface area (Å²) in [4.78, 5) is 32.5. The third-order valence-electron chi connectivity index (χ3n) is 5.02. The van der Waals surface area contributed by atoms with Crippen LogP contribution in [0.25, 0.3) is 0 Å². The number of carbonyl (C=O) groups excluding carboxylic acids is 2. The SMILES string of the molecule is Cc1cccc(NC(=O)N2C[C@H]3OC(=O)N(CCc4ccccn4)[C@H]3C2)c1. The Morgan fingerprint density at radius 1 is 1.26 bits per heavy atom. The predicted molar refractivity (Wildman–Crippen MR) is 100 cm³/mol. The van der Waals surface area contributed by atoms with Crippen LogP contribution in [0.1, 0.15) is 11.3 Å². The van der Waals surface area contributed by atoms with Crippen molar-refractivity contribution < 1.29 is 14.3 Å². The van der Waals surface area contributed by atoms with Gasteiger partial charge in [0.25, 0.3) is 0 Å². The zero-order valence-electron chi connectivity index (χ0n) is 15.2. The average molecular weight is 366 g/mol. The van der Waals surface area contributed by atoms with Crippen molar-refractivity contribution >= 4 is 17.8 Å². The number of rotatable bonds is 4. The molecule has 0 saturated carbocycles. The maximum Gasteiger partial charge on any atom is 0.410 e. The normalized spacial score (nSPS) is 21.1. The Labute approximate surface area is 157 Å². The van der Waals surface area contributed by atoms with Gasteiger partial charge in [0.2, 0.25) is 0 Å². The highest BCUT2D eigenvalue weighted by Crippen LogP contribution is 2.27. The maximum absolute atomic E-state index is 12.6. The highest BCUT2D eigenvalue weighted by atomic mass is 16.6. The molecular formula is C20H22N4O3. The Kier molecular flexibility index (Phi) is 4.66. The number of amides is 3. The molecule has 2 atom stereocenters. The molecule has 1 aromatic heterocycles. The third-order valence-corrected chi connectivity index (χ3v) is 5.02. The van der Waals surface area contributed by atoms with Crippen LogP contribution in [-0.2, 0) is 11.2 Å². The van der Waals surface area contributed by atoms with Crippen LogP contribution in [0.15, 0.2) is 48.7 Å². The highest BCUT2D eigenvalue weighted by molar-refractivity contribution is 5.90. The van der Waals surface area contributed by atoms with Crippen LogP contribution in [0.5, 0.6) is 0 Å². The molecule has 0 radical (unpaired) electrons. The van der Waals surface area contributed by atoms with Crippen molar-refractivity contribution in [3.63, 3.8) is 0 Å². The Bertz CT molecular complexity index is 842. The summed E-state index contributed by atoms with van der Waals surface area (Å²) >= 11 is 0. The second-order valence-electron chi connectivity index (χ2n) is 6.96. The van der Waals surface area contributed by atoms with Gasteiger partial charge in [-0.2, -0.15) is 0 Å². The number of benzene rings is 1. The van der Waals surface area contributed by atoms with Crippen LogP contribution in [0.4, 0.5) is 15.3 Å². The zero-order valence-corrected chi connectivity index (χ0v) is 15.2. The molecule has 2 aliphatic heterocycles. The third kappa shape index (κ3) is 3.72. The van der Waals surface area contributed by atoms with Gasteiger partial charge in [0.15, 0.2) is 0 Å². The van der Waals surface area contributed by atoms with Crippen molar-refractivity contribution in [1.82, 2.24) is 14.8 Å². The number of ether oxygens (including phenoxy) is 1. The molecule has 7 nitrogen and oxygen atoms in total. The Morgan fingerprint density at radius 3 is 2.93 bits per heavy atom. The lowest BCUT2D eigenvalue weighted by atomic mass is 10.2. The smallest absolute Gasteiger partial charge is 0.410 e. The molecule has 1 N–H and O–H groups in total. The standard InChI is InChI=1S/C20H22N4O3/c1-14-5-4-7-16(11-14)22-19(25)23-12-17-18(13-23)27-20(26)24(17)10-8-15-6-2-3-9-21-15/h2-7,9,11,17-18H,8,10,12-13H2,1H3,(H,22,25)/t17-,18+/m0/s1. The summed E-state index contributed by atoms with van der Waals surface area (Å²) in [5.74, 6) is 0. The molecule has 0 bridgehead atoms. The predicted octanol–water partition coefficient (Wildman–Crippen LogP) is 2.67. The summed E-state index contributed by atoms with van der Waals surface area (Å²) in [6.45, 7) is 3.39. The number of hydrogen-bond donors (Lipinski definition) is 1. The fraction of sp³-hybridized carbons (Fsp3) is 0.350. The van der Waals surface area contributed by atoms with Gasteiger partial charge in [-0.25, -0.2) is 9.59 Å². The first-order valence-electron chi connectivity index (χ1n) is 9.10. The van der Waals surface area contributed by atoms with E-state index in [2.05, 4.69) is 10.3 Å². The van der Waals surface area contributed by atoms with Gasteiger partial charge in [-0.1, -0.05) is 18.2 Å². The van der Waals surface area contributed by atoms with Crippen LogP contribution in [0.3, 0.4) is 0 Å². The topological polar surface area (TPSA) is 74.8 Å². The van der Waals surface area contributed by atoms with E-state index in [1.165, 1.54) is 0 Å². The first kappa shape index (κ1) is 17.3. The Morgan fingerprint density at radius 2 is 2.15 bits per heavy atom. The van der Waals surface area contributed by atoms with E-state index in [0.717, 1.165) is 16.9 Å². The van der Waals surface area contributed by atoms with E-state index in [1.54, 1.807) is 16.0 Å². The molecule has 27 heavy (non-hydrogen) atoms. The van der Waals surface area contributed by atoms with Gasteiger partial charge in [-0.05, 0) is 36.8 Å². The van der Waals surface area contributed by atoms with Gasteiger partial charge in [0.1, 0.15) is 6.10 Å². The largest absolute Gasteiger partial charge is 0.442 e. The molecule has 0 unspecified atom stereocenters. The van der Waals surface area contributed by atoms with Gasteiger partial charge in [0.05, 0.1) is 12.6 Å². The van der Waals surface area contributed by atoms with Crippen molar-refractivity contribution in [1.29, 1.82) is 0 Å². The van der Waals surface area contributed by atoms with Crippen LogP contribution in [-0.4, -0.2) is 58.7 Å². The van der Waals surface area contributed by atoms with Gasteiger partial charge >= 0.3 is 12.1 Å². The molecule has 2 saturated heterocycles. The number of urea groups is 1. The van der Waals surface area contributed by atoms with Crippen molar-refractivity contribution in [3.05, 3.63) is 59.9 Å². The number of fused-ring (bicyclic) bond motifs is 1. The molecule has 2 aliphatic rings. The van der Waals surface area contributed by atoms with Crippen molar-refractivity contribution in [2.45, 2.75) is 25.5 Å². The molecule has 1 aromatic carbocycles. The maximum atomic E-state index is 12.6. The second-order valence-corrected chi connectivity index (χ2v) is 6.96. The first-order valence-corrected chi connectivity index (χ1v) is 9.10. The summed E-state index contributed by atoms with van der Waals surface area (Å²) in [7, 11) is 0. The molecule has 0 spiro atoms. The quantitative estimate of drug-likeness (QED) is 0.903. The van der Waals surface area contributed by atoms with Crippen molar-refractivity contribution in [2.75, 3.05) is 25.0 Å². The monoisotopic (exact) mass is 366 g/mol. The summed E-state index contributed by atoms with van der Waals surface area (Å²) < 4.78 is 5.48. The van der Waals surface area contributed by atoms with Crippen LogP contribution >= 0.6 is 0 Å². The summed E-state index contributed by atoms with van der Waals surface area (Å²) in [6, 6.07) is 13.1. The summed E-state index contributed by atoms with van der Waals surface area (Å²) in [5, 5.41) is 2.92. The fourth-order valence-corrected chi connectivity index (χ4v) is 3.63. The van der Waals surface area contributed by atoms with E-state index >= 15 is 0 Å². The number of carbonyl (C=O) groups is 2. The van der Waals surface area contributed by atoms with Crippen molar-refractivity contribution in [2.24, 2.45) is 0 Å². The molecule has 140 valence electrons. The second kappa shape index (κ2) is 7.26. The van der Waals surface area contributed by atoms with Crippen molar-refractivity contribution in [3.8, 4) is 0 Å². The zero-order chi connectivity index (χ0) is 18.8. The van der Waals surface area contributed by atoms with Gasteiger partial charge < -0.3 is 15.0 Å². The van der Waals surface area contributed by atoms with Gasteiger partial charge in [0, 0.05) is 37.1 Å². The van der Waals surface area contributed by atoms with Gasteiger partial charge in [-0.15, -0.1) is 0 Å². The molecule has 0 aliphatic carbocycles. The number of hydrogen-bond acceptors (Lipinski definition) is 4. The Hall–Kier alpha value is -3.09. The molecule has 2 fully saturated rings. The number of pyridine rings is 1. The number of likely N-dealkylation sites (tertiary alicyclic amines) is 1. The first-order chi connectivity index (χ1) is 13.1. The minimum absolute atomic E-state index is 0.107. The molecule has 7 heteroatoms. The van der Waals surface area contributed by atoms with E-state index < -0.39 is 0 Å². The molecular weight excluding hydrogens is 344 g/mol. The van der Waals surface area contributed by atoms with E-state index in [4.69, 9.17) is 4.74 Å². The highest BCUT2D eigenvalue weighted by Gasteiger charge is 2.48. The lowest BCUT2D eigenvalue weighted by Crippen LogP contribution is -2.41. The summed E-state index contributed by atoms with van der Waals surface area (Å²) in [6.07, 6.45) is 1.83. The number of aryl methyl sites for hydroxylation is 1. The summed E-state index contributed by atoms with van der Waals surface area (Å²) in [5.41, 5.74) is 2.78. The van der Waals surface area contributed by atoms with Crippen LogP contribution in [0, 0.1) is 6.92 Å². The number of anilines is 1. The van der Waals surface area contributed by atoms with E-state index in [9.17, 15) is 9.59 Å². The number of nitrogens with zero attached hydrogens (tertiary/aromatic N) is 3. The minimum Gasteiger partial charge on any atom is -0.442 e. The fourth-order valence-electron chi connectivity index (χ4n) is 3.63. The molecule has 3 amide bonds. The molecule has 2 aromatic rings. The lowest BCUT2D eigenvalue weighted by Gasteiger charge is -2.22. The molecule has 4 rings (SSSR count). The van der Waals surface area contributed by atoms with E-state index in [1.807, 2.05) is 49.4 Å². The average Bonchev–Trinajstić information content (AvgIpc) is 3.18. The minimum atomic E-state index is -0.306. The van der Waals surface area contributed by atoms with Crippen LogP contribution in [0.2, 0.25) is 0 Å². The van der Waals surface area contributed by atoms with Gasteiger partial charge in [-0.3, -0.25) is 9.88 Å². The number of nitrogens with one attached hydrogen (secondary N) is 1. The van der Waals surface area contributed by atoms with E-state index in [-0.39, 0.29) is 24.3 Å². The van der Waals surface area contributed by atoms with Crippen LogP contribution < -0.4 is 5.32 Å². The Balaban J connectivity index is 1.37. The van der Waals surface area contributed by atoms with E-state index in [0.29, 0.717) is 26.1 Å². The molecule has 3 heterocycles.